The summed E-state index contributed by atoms with van der Waals surface area (Å²) in [6.45, 7) is 5.49. The number of hydrogen-bond donors (Lipinski definition) is 3. The maximum Gasteiger partial charge on any atom is 0.321 e. The number of piperidine rings is 1. The smallest absolute Gasteiger partial charge is 0.309 e. The van der Waals surface area contributed by atoms with E-state index in [2.05, 4.69) is 16.0 Å². The average Bonchev–Trinajstić information content (AvgIpc) is 2.90. The molecule has 0 spiro atoms. The first-order valence-electron chi connectivity index (χ1n) is 11.4. The Morgan fingerprint density at radius 3 is 2.78 bits per heavy atom. The molecule has 1 saturated heterocycles. The lowest BCUT2D eigenvalue weighted by molar-refractivity contribution is -0.120. The molecule has 32 heavy (non-hydrogen) atoms. The molecule has 1 fully saturated rings. The van der Waals surface area contributed by atoms with E-state index in [0.29, 0.717) is 12.2 Å². The zero-order valence-electron chi connectivity index (χ0n) is 18.7. The molecular weight excluding hydrogens is 402 g/mol. The number of amides is 3. The van der Waals surface area contributed by atoms with Gasteiger partial charge in [-0.2, -0.15) is 0 Å². The molecule has 3 N–H and O–H groups in total. The Kier molecular flexibility index (Phi) is 6.85. The third-order valence-corrected chi connectivity index (χ3v) is 5.87. The van der Waals surface area contributed by atoms with E-state index in [-0.39, 0.29) is 11.9 Å². The Labute approximate surface area is 189 Å². The van der Waals surface area contributed by atoms with Crippen LogP contribution in [0, 0.1) is 6.92 Å². The van der Waals surface area contributed by atoms with Crippen molar-refractivity contribution in [2.75, 3.05) is 23.3 Å². The fraction of sp³-hybridized carbons (Fsp3) is 0.400. The van der Waals surface area contributed by atoms with Crippen molar-refractivity contribution in [1.82, 2.24) is 10.6 Å². The lowest BCUT2D eigenvalue weighted by Gasteiger charge is -2.27. The first-order valence-corrected chi connectivity index (χ1v) is 11.4. The van der Waals surface area contributed by atoms with E-state index < -0.39 is 12.2 Å². The highest BCUT2D eigenvalue weighted by Gasteiger charge is 2.34. The zero-order valence-corrected chi connectivity index (χ0v) is 18.7. The Balaban J connectivity index is 1.67. The predicted molar refractivity (Wildman–Crippen MR) is 128 cm³/mol. The number of aryl methyl sites for hydroxylation is 1. The summed E-state index contributed by atoms with van der Waals surface area (Å²) in [5, 5.41) is 9.19. The third-order valence-electron chi connectivity index (χ3n) is 5.87. The standard InChI is InChI=1S/C25H31N5O2/c1-3-15-30-21-13-5-4-11-19(21)22(20-12-6-7-14-26-20)28-23(24(30)31)29-25(32)27-18-10-8-9-17(2)16-18/h4-5,8-11,13,16,20,23,26H,3,6-7,12,14-15H2,1-2H3,(H2,27,29,32)/t20-,23-/m1/s1. The molecule has 0 radical (unpaired) electrons. The number of aliphatic imine (C=N–C) groups is 1. The van der Waals surface area contributed by atoms with Gasteiger partial charge in [0.15, 0.2) is 0 Å². The van der Waals surface area contributed by atoms with E-state index in [1.165, 1.54) is 0 Å². The molecule has 0 saturated carbocycles. The van der Waals surface area contributed by atoms with Gasteiger partial charge in [0, 0.05) is 23.8 Å². The molecule has 2 aliphatic heterocycles. The molecule has 3 amide bonds. The minimum absolute atomic E-state index is 0.0587. The summed E-state index contributed by atoms with van der Waals surface area (Å²) >= 11 is 0. The van der Waals surface area contributed by atoms with Crippen LogP contribution in [0.2, 0.25) is 0 Å². The zero-order chi connectivity index (χ0) is 22.5. The van der Waals surface area contributed by atoms with Gasteiger partial charge >= 0.3 is 6.03 Å². The first kappa shape index (κ1) is 22.0. The summed E-state index contributed by atoms with van der Waals surface area (Å²) in [6, 6.07) is 15.1. The SMILES string of the molecule is CCCN1C(=O)[C@@H](NC(=O)Nc2cccc(C)c2)N=C([C@H]2CCCCN2)c2ccccc21. The Morgan fingerprint density at radius 2 is 2.03 bits per heavy atom. The Bertz CT molecular complexity index is 1010. The molecule has 7 nitrogen and oxygen atoms in total. The Morgan fingerprint density at radius 1 is 1.19 bits per heavy atom. The van der Waals surface area contributed by atoms with Crippen LogP contribution < -0.4 is 20.9 Å². The summed E-state index contributed by atoms with van der Waals surface area (Å²) in [5.74, 6) is -0.218. The molecule has 168 valence electrons. The molecule has 4 rings (SSSR count). The molecule has 7 heteroatoms. The lowest BCUT2D eigenvalue weighted by Crippen LogP contribution is -2.49. The second-order valence-electron chi connectivity index (χ2n) is 8.39. The van der Waals surface area contributed by atoms with Crippen LogP contribution in [0.3, 0.4) is 0 Å². The van der Waals surface area contributed by atoms with Crippen LogP contribution in [-0.2, 0) is 4.79 Å². The number of urea groups is 1. The van der Waals surface area contributed by atoms with Crippen molar-refractivity contribution >= 4 is 29.0 Å². The number of hydrogen-bond acceptors (Lipinski definition) is 4. The van der Waals surface area contributed by atoms with E-state index >= 15 is 0 Å². The molecular formula is C25H31N5O2. The molecule has 0 unspecified atom stereocenters. The van der Waals surface area contributed by atoms with Crippen LogP contribution in [0.5, 0.6) is 0 Å². The van der Waals surface area contributed by atoms with Crippen LogP contribution in [0.1, 0.15) is 43.7 Å². The van der Waals surface area contributed by atoms with Crippen molar-refractivity contribution in [2.45, 2.75) is 51.7 Å². The van der Waals surface area contributed by atoms with Crippen molar-refractivity contribution < 1.29 is 9.59 Å². The molecule has 2 aliphatic rings. The normalized spacial score (nSPS) is 20.8. The molecule has 0 bridgehead atoms. The maximum absolute atomic E-state index is 13.5. The van der Waals surface area contributed by atoms with Gasteiger partial charge in [0.05, 0.1) is 11.4 Å². The predicted octanol–water partition coefficient (Wildman–Crippen LogP) is 3.83. The van der Waals surface area contributed by atoms with Crippen LogP contribution in [0.4, 0.5) is 16.2 Å². The van der Waals surface area contributed by atoms with E-state index in [9.17, 15) is 9.59 Å². The number of para-hydroxylation sites is 1. The summed E-state index contributed by atoms with van der Waals surface area (Å²) in [5.41, 5.74) is 4.37. The van der Waals surface area contributed by atoms with Crippen molar-refractivity contribution in [2.24, 2.45) is 4.99 Å². The summed E-state index contributed by atoms with van der Waals surface area (Å²) < 4.78 is 0. The summed E-state index contributed by atoms with van der Waals surface area (Å²) in [6.07, 6.45) is 3.01. The maximum atomic E-state index is 13.5. The first-order chi connectivity index (χ1) is 15.6. The third kappa shape index (κ3) is 4.83. The van der Waals surface area contributed by atoms with Crippen molar-refractivity contribution in [3.63, 3.8) is 0 Å². The van der Waals surface area contributed by atoms with Crippen molar-refractivity contribution in [1.29, 1.82) is 0 Å². The van der Waals surface area contributed by atoms with E-state index in [4.69, 9.17) is 4.99 Å². The average molecular weight is 434 g/mol. The van der Waals surface area contributed by atoms with Crippen molar-refractivity contribution in [3.05, 3.63) is 59.7 Å². The summed E-state index contributed by atoms with van der Waals surface area (Å²) in [4.78, 5) is 32.9. The second kappa shape index (κ2) is 9.96. The fourth-order valence-electron chi connectivity index (χ4n) is 4.38. The lowest BCUT2D eigenvalue weighted by atomic mass is 9.94. The number of nitrogens with one attached hydrogen (secondary N) is 3. The number of benzodiazepines with no additional fused rings is 1. The van der Waals surface area contributed by atoms with Gasteiger partial charge in [-0.3, -0.25) is 9.79 Å². The molecule has 2 aromatic rings. The monoisotopic (exact) mass is 433 g/mol. The van der Waals surface area contributed by atoms with Gasteiger partial charge < -0.3 is 20.9 Å². The highest BCUT2D eigenvalue weighted by atomic mass is 16.2. The largest absolute Gasteiger partial charge is 0.321 e. The molecule has 2 atom stereocenters. The van der Waals surface area contributed by atoms with Gasteiger partial charge in [0.2, 0.25) is 6.17 Å². The van der Waals surface area contributed by atoms with Crippen LogP contribution in [0.25, 0.3) is 0 Å². The quantitative estimate of drug-likeness (QED) is 0.670. The molecule has 0 aromatic heterocycles. The second-order valence-corrected chi connectivity index (χ2v) is 8.39. The minimum Gasteiger partial charge on any atom is -0.309 e. The molecule has 2 heterocycles. The Hall–Kier alpha value is -3.19. The number of benzene rings is 2. The summed E-state index contributed by atoms with van der Waals surface area (Å²) in [7, 11) is 0. The number of carbonyl (C=O) groups excluding carboxylic acids is 2. The minimum atomic E-state index is -0.988. The van der Waals surface area contributed by atoms with Gasteiger partial charge in [0.25, 0.3) is 5.91 Å². The van der Waals surface area contributed by atoms with Gasteiger partial charge in [-0.15, -0.1) is 0 Å². The van der Waals surface area contributed by atoms with Gasteiger partial charge in [-0.1, -0.05) is 43.7 Å². The van der Waals surface area contributed by atoms with E-state index in [1.807, 2.05) is 62.4 Å². The van der Waals surface area contributed by atoms with E-state index in [0.717, 1.165) is 54.8 Å². The van der Waals surface area contributed by atoms with Gasteiger partial charge in [0.1, 0.15) is 0 Å². The molecule has 0 aliphatic carbocycles. The van der Waals surface area contributed by atoms with Gasteiger partial charge in [-0.05, 0) is 56.5 Å². The number of fused-ring (bicyclic) bond motifs is 1. The topological polar surface area (TPSA) is 85.8 Å². The number of nitrogens with zero attached hydrogens (tertiary/aromatic N) is 2. The number of rotatable bonds is 5. The number of anilines is 2. The highest BCUT2D eigenvalue weighted by molar-refractivity contribution is 6.15. The van der Waals surface area contributed by atoms with E-state index in [1.54, 1.807) is 4.90 Å². The van der Waals surface area contributed by atoms with Crippen molar-refractivity contribution in [3.8, 4) is 0 Å². The van der Waals surface area contributed by atoms with Crippen LogP contribution >= 0.6 is 0 Å². The van der Waals surface area contributed by atoms with Gasteiger partial charge in [-0.25, -0.2) is 4.79 Å². The number of carbonyl (C=O) groups is 2. The van der Waals surface area contributed by atoms with Crippen LogP contribution in [-0.4, -0.2) is 42.9 Å². The molecule has 2 aromatic carbocycles. The van der Waals surface area contributed by atoms with Crippen LogP contribution in [0.15, 0.2) is 53.5 Å². The fourth-order valence-corrected chi connectivity index (χ4v) is 4.38. The highest BCUT2D eigenvalue weighted by Crippen LogP contribution is 2.28.